The van der Waals surface area contributed by atoms with Gasteiger partial charge in [0.25, 0.3) is 0 Å². The van der Waals surface area contributed by atoms with Crippen LogP contribution in [0.5, 0.6) is 0 Å². The third-order valence-corrected chi connectivity index (χ3v) is 9.19. The Morgan fingerprint density at radius 3 is 2.41 bits per heavy atom. The Hall–Kier alpha value is -0.630. The summed E-state index contributed by atoms with van der Waals surface area (Å²) in [7, 11) is 0. The highest BCUT2D eigenvalue weighted by molar-refractivity contribution is 5.15. The highest BCUT2D eigenvalue weighted by Crippen LogP contribution is 2.67. The van der Waals surface area contributed by atoms with Crippen molar-refractivity contribution in [3.63, 3.8) is 0 Å². The molecule has 4 heteroatoms. The van der Waals surface area contributed by atoms with Crippen LogP contribution in [-0.2, 0) is 4.74 Å². The number of fused-ring (bicyclic) bond motifs is 5. The number of hydrogen-bond donors (Lipinski definition) is 2. The number of rotatable bonds is 2. The fourth-order valence-electron chi connectivity index (χ4n) is 8.08. The van der Waals surface area contributed by atoms with E-state index >= 15 is 0 Å². The monoisotopic (exact) mass is 375 g/mol. The first-order valence-electron chi connectivity index (χ1n) is 11.1. The SMILES string of the molecule is CC(C)O[C@H]1C[C@@]2(C)C(CC[C@@H]3C2[C@@H](O)C[C@@]2(C)C3CC[C@@H]2C#N)C[C@@H]1O. The molecule has 0 saturated heterocycles. The molecule has 2 N–H and O–H groups in total. The third kappa shape index (κ3) is 2.88. The standard InChI is InChI=1S/C23H37NO3/c1-13(2)27-20-11-23(4)14(9-18(20)25)5-7-16-17-8-6-15(12-24)22(17,3)10-19(26)21(16)23/h13-21,25-26H,5-11H2,1-4H3/t14?,15-,16+,17?,18+,19+,20+,21?,22-,23+/m1/s1. The number of nitrogens with zero attached hydrogens (tertiary/aromatic N) is 1. The Morgan fingerprint density at radius 2 is 1.74 bits per heavy atom. The maximum atomic E-state index is 11.4. The fraction of sp³-hybridized carbons (Fsp3) is 0.957. The molecule has 0 aromatic heterocycles. The van der Waals surface area contributed by atoms with E-state index in [1.54, 1.807) is 0 Å². The first kappa shape index (κ1) is 19.7. The molecule has 4 rings (SSSR count). The van der Waals surface area contributed by atoms with E-state index < -0.39 is 0 Å². The Balaban J connectivity index is 1.64. The van der Waals surface area contributed by atoms with Crippen LogP contribution in [0.2, 0.25) is 0 Å². The maximum Gasteiger partial charge on any atom is 0.0842 e. The van der Waals surface area contributed by atoms with Gasteiger partial charge in [0.05, 0.1) is 36.4 Å². The summed E-state index contributed by atoms with van der Waals surface area (Å²) < 4.78 is 6.10. The molecule has 0 aromatic carbocycles. The van der Waals surface area contributed by atoms with Crippen LogP contribution in [0.25, 0.3) is 0 Å². The van der Waals surface area contributed by atoms with Gasteiger partial charge in [-0.2, -0.15) is 5.26 Å². The minimum Gasteiger partial charge on any atom is -0.393 e. The lowest BCUT2D eigenvalue weighted by Crippen LogP contribution is -2.61. The smallest absolute Gasteiger partial charge is 0.0842 e. The second-order valence-electron chi connectivity index (χ2n) is 10.8. The molecule has 0 spiro atoms. The molecule has 0 amide bonds. The quantitative estimate of drug-likeness (QED) is 0.767. The minimum absolute atomic E-state index is 0.0210. The lowest BCUT2D eigenvalue weighted by molar-refractivity contribution is -0.206. The van der Waals surface area contributed by atoms with Crippen LogP contribution in [0, 0.1) is 51.8 Å². The molecular weight excluding hydrogens is 338 g/mol. The van der Waals surface area contributed by atoms with Crippen LogP contribution < -0.4 is 0 Å². The zero-order valence-electron chi connectivity index (χ0n) is 17.4. The van der Waals surface area contributed by atoms with E-state index in [2.05, 4.69) is 19.9 Å². The van der Waals surface area contributed by atoms with Crippen molar-refractivity contribution < 1.29 is 14.9 Å². The van der Waals surface area contributed by atoms with E-state index in [0.29, 0.717) is 17.8 Å². The van der Waals surface area contributed by atoms with Crippen molar-refractivity contribution in [2.24, 2.45) is 40.4 Å². The second-order valence-corrected chi connectivity index (χ2v) is 10.8. The Bertz CT molecular complexity index is 615. The highest BCUT2D eigenvalue weighted by Gasteiger charge is 2.64. The summed E-state index contributed by atoms with van der Waals surface area (Å²) in [6, 6.07) is 2.56. The van der Waals surface area contributed by atoms with Gasteiger partial charge < -0.3 is 14.9 Å². The predicted molar refractivity (Wildman–Crippen MR) is 104 cm³/mol. The molecule has 10 atom stereocenters. The lowest BCUT2D eigenvalue weighted by Gasteiger charge is -2.62. The van der Waals surface area contributed by atoms with Crippen LogP contribution in [0.15, 0.2) is 0 Å². The van der Waals surface area contributed by atoms with E-state index in [9.17, 15) is 15.5 Å². The van der Waals surface area contributed by atoms with E-state index in [-0.39, 0.29) is 47.1 Å². The average molecular weight is 376 g/mol. The van der Waals surface area contributed by atoms with Gasteiger partial charge in [-0.05, 0) is 93.3 Å². The van der Waals surface area contributed by atoms with Gasteiger partial charge >= 0.3 is 0 Å². The van der Waals surface area contributed by atoms with Gasteiger partial charge in [-0.3, -0.25) is 0 Å². The molecule has 0 aromatic rings. The van der Waals surface area contributed by atoms with Gasteiger partial charge in [0.1, 0.15) is 0 Å². The Kier molecular flexibility index (Phi) is 4.89. The Labute approximate surface area is 164 Å². The summed E-state index contributed by atoms with van der Waals surface area (Å²) in [6.07, 6.45) is 6.07. The summed E-state index contributed by atoms with van der Waals surface area (Å²) in [6.45, 7) is 8.69. The van der Waals surface area contributed by atoms with Gasteiger partial charge in [0, 0.05) is 0 Å². The van der Waals surface area contributed by atoms with Crippen LogP contribution in [0.3, 0.4) is 0 Å². The lowest BCUT2D eigenvalue weighted by atomic mass is 9.43. The molecule has 3 unspecified atom stereocenters. The normalized spacial score (nSPS) is 54.7. The molecule has 0 heterocycles. The predicted octanol–water partition coefficient (Wildman–Crippen LogP) is 3.90. The molecule has 4 nitrogen and oxygen atoms in total. The molecule has 4 aliphatic carbocycles. The molecule has 4 aliphatic rings. The number of aliphatic hydroxyl groups excluding tert-OH is 2. The van der Waals surface area contributed by atoms with Gasteiger partial charge in [0.15, 0.2) is 0 Å². The van der Waals surface area contributed by atoms with Crippen LogP contribution >= 0.6 is 0 Å². The van der Waals surface area contributed by atoms with Crippen molar-refractivity contribution in [1.82, 2.24) is 0 Å². The minimum atomic E-state index is -0.387. The van der Waals surface area contributed by atoms with Crippen molar-refractivity contribution >= 4 is 0 Å². The van der Waals surface area contributed by atoms with Crippen LogP contribution in [-0.4, -0.2) is 34.6 Å². The van der Waals surface area contributed by atoms with E-state index in [4.69, 9.17) is 4.74 Å². The fourth-order valence-corrected chi connectivity index (χ4v) is 8.08. The van der Waals surface area contributed by atoms with Gasteiger partial charge in [-0.15, -0.1) is 0 Å². The number of hydrogen-bond acceptors (Lipinski definition) is 4. The number of nitriles is 1. The summed E-state index contributed by atoms with van der Waals surface area (Å²) in [5.74, 6) is 1.90. The summed E-state index contributed by atoms with van der Waals surface area (Å²) in [5.41, 5.74) is -0.00623. The molecule has 0 radical (unpaired) electrons. The first-order chi connectivity index (χ1) is 12.7. The topological polar surface area (TPSA) is 73.5 Å². The number of aliphatic hydroxyl groups is 2. The van der Waals surface area contributed by atoms with Gasteiger partial charge in [0.2, 0.25) is 0 Å². The van der Waals surface area contributed by atoms with Crippen molar-refractivity contribution in [3.05, 3.63) is 0 Å². The average Bonchev–Trinajstić information content (AvgIpc) is 2.91. The van der Waals surface area contributed by atoms with Crippen LogP contribution in [0.4, 0.5) is 0 Å². The summed E-state index contributed by atoms with van der Waals surface area (Å²) in [4.78, 5) is 0. The van der Waals surface area contributed by atoms with Crippen molar-refractivity contribution in [2.75, 3.05) is 0 Å². The maximum absolute atomic E-state index is 11.4. The molecule has 0 aliphatic heterocycles. The molecule has 4 saturated carbocycles. The van der Waals surface area contributed by atoms with E-state index in [1.807, 2.05) is 13.8 Å². The van der Waals surface area contributed by atoms with Crippen molar-refractivity contribution in [2.45, 2.75) is 97.1 Å². The van der Waals surface area contributed by atoms with E-state index in [1.165, 1.54) is 0 Å². The van der Waals surface area contributed by atoms with Gasteiger partial charge in [-0.1, -0.05) is 13.8 Å². The Morgan fingerprint density at radius 1 is 1.00 bits per heavy atom. The first-order valence-corrected chi connectivity index (χ1v) is 11.1. The molecule has 27 heavy (non-hydrogen) atoms. The largest absolute Gasteiger partial charge is 0.393 e. The van der Waals surface area contributed by atoms with Crippen molar-refractivity contribution in [3.8, 4) is 6.07 Å². The zero-order chi connectivity index (χ0) is 19.6. The van der Waals surface area contributed by atoms with Crippen molar-refractivity contribution in [1.29, 1.82) is 5.26 Å². The summed E-state index contributed by atoms with van der Waals surface area (Å²) in [5, 5.41) is 31.7. The third-order valence-electron chi connectivity index (χ3n) is 9.19. The summed E-state index contributed by atoms with van der Waals surface area (Å²) >= 11 is 0. The van der Waals surface area contributed by atoms with Crippen LogP contribution in [0.1, 0.15) is 72.6 Å². The zero-order valence-corrected chi connectivity index (χ0v) is 17.4. The molecule has 152 valence electrons. The highest BCUT2D eigenvalue weighted by atomic mass is 16.5. The van der Waals surface area contributed by atoms with E-state index in [0.717, 1.165) is 44.9 Å². The van der Waals surface area contributed by atoms with Gasteiger partial charge in [-0.25, -0.2) is 0 Å². The number of ether oxygens (including phenoxy) is 1. The molecular formula is C23H37NO3. The molecule has 4 fully saturated rings. The second kappa shape index (κ2) is 6.71. The molecule has 0 bridgehead atoms.